The van der Waals surface area contributed by atoms with Gasteiger partial charge in [0.1, 0.15) is 40.0 Å². The van der Waals surface area contributed by atoms with Crippen LogP contribution in [0.25, 0.3) is 6.08 Å². The lowest BCUT2D eigenvalue weighted by Gasteiger charge is -2.65. The molecule has 1 N–H and O–H groups in total. The Bertz CT molecular complexity index is 2660. The number of ketones is 2. The quantitative estimate of drug-likeness (QED) is 0.147. The van der Waals surface area contributed by atoms with Crippen LogP contribution in [0.2, 0.25) is 0 Å². The van der Waals surface area contributed by atoms with Crippen LogP contribution >= 0.6 is 0 Å². The third-order valence-corrected chi connectivity index (χ3v) is 16.3. The van der Waals surface area contributed by atoms with Crippen LogP contribution < -0.4 is 19.3 Å². The van der Waals surface area contributed by atoms with Gasteiger partial charge in [-0.2, -0.15) is 0 Å². The lowest BCUT2D eigenvalue weighted by Crippen LogP contribution is -2.82. The van der Waals surface area contributed by atoms with Crippen LogP contribution in [-0.4, -0.2) is 123 Å². The van der Waals surface area contributed by atoms with Gasteiger partial charge in [0.2, 0.25) is 5.91 Å². The number of Topliss-reactive ketones (excluding diaryl/α,β-unsaturated/α-hetero) is 2. The van der Waals surface area contributed by atoms with Gasteiger partial charge in [-0.05, 0) is 117 Å². The first kappa shape index (κ1) is 46.9. The molecule has 3 aromatic rings. The van der Waals surface area contributed by atoms with Gasteiger partial charge in [-0.3, -0.25) is 19.3 Å². The minimum atomic E-state index is -1.62. The van der Waals surface area contributed by atoms with Gasteiger partial charge in [-0.1, -0.05) is 41.5 Å². The van der Waals surface area contributed by atoms with E-state index in [-0.39, 0.29) is 46.9 Å². The number of anilines is 2. The van der Waals surface area contributed by atoms with Gasteiger partial charge >= 0.3 is 0 Å². The standard InChI is InChI=1S/C56H68N6O7/c1-35(2)14-13-21-54(8)22-20-38-47(63)44-48(64)45-46(61-30-26-59(27-31-61)42-15-9-11-24-57-42)40-34-41-53(6,7)69-55(51(40)65,56(41,45)68-50(44)39(49(38)67-54)18-17-36(3)4)23-19-37(5)52(66)62-32-28-60(29-33-62)43-16-10-12-25-58-43/h9-12,14-17,19-20,22,24-25,40-41,45-46,63H,13,18,21,23,26-34H2,1-8H3. The summed E-state index contributed by atoms with van der Waals surface area (Å²) in [6.45, 7) is 21.0. The highest BCUT2D eigenvalue weighted by Crippen LogP contribution is 2.71. The fourth-order valence-corrected chi connectivity index (χ4v) is 12.9. The molecule has 1 aromatic carbocycles. The Balaban J connectivity index is 1.08. The van der Waals surface area contributed by atoms with Crippen LogP contribution in [-0.2, 0) is 20.7 Å². The summed E-state index contributed by atoms with van der Waals surface area (Å²) in [6, 6.07) is 11.2. The van der Waals surface area contributed by atoms with E-state index in [9.17, 15) is 9.90 Å². The molecule has 8 aliphatic rings. The second-order valence-corrected chi connectivity index (χ2v) is 21.6. The van der Waals surface area contributed by atoms with Crippen molar-refractivity contribution < 1.29 is 33.7 Å². The maximum absolute atomic E-state index is 16.2. The number of carbonyl (C=O) groups excluding carboxylic acids is 3. The summed E-state index contributed by atoms with van der Waals surface area (Å²) in [5, 5.41) is 12.6. The number of piperazine rings is 2. The van der Waals surface area contributed by atoms with Crippen LogP contribution in [0.15, 0.2) is 89.8 Å². The fourth-order valence-electron chi connectivity index (χ4n) is 12.9. The van der Waals surface area contributed by atoms with Gasteiger partial charge < -0.3 is 34.0 Å². The summed E-state index contributed by atoms with van der Waals surface area (Å²) in [4.78, 5) is 64.3. The molecule has 364 valence electrons. The molecule has 11 rings (SSSR count). The van der Waals surface area contributed by atoms with Crippen LogP contribution in [0.3, 0.4) is 0 Å². The number of phenols is 1. The minimum Gasteiger partial charge on any atom is -0.506 e. The summed E-state index contributed by atoms with van der Waals surface area (Å²) in [6.07, 6.45) is 16.0. The highest BCUT2D eigenvalue weighted by Gasteiger charge is 2.86. The molecule has 3 aliphatic carbocycles. The topological polar surface area (TPSA) is 138 Å². The summed E-state index contributed by atoms with van der Waals surface area (Å²) >= 11 is 0. The maximum Gasteiger partial charge on any atom is 0.249 e. The van der Waals surface area contributed by atoms with Gasteiger partial charge in [0.25, 0.3) is 0 Å². The molecular formula is C56H68N6O7. The van der Waals surface area contributed by atoms with E-state index in [4.69, 9.17) is 14.2 Å². The van der Waals surface area contributed by atoms with Gasteiger partial charge in [-0.15, -0.1) is 0 Å². The van der Waals surface area contributed by atoms with Crippen molar-refractivity contribution in [1.29, 1.82) is 0 Å². The molecule has 13 heteroatoms. The van der Waals surface area contributed by atoms with Crippen molar-refractivity contribution in [3.05, 3.63) is 107 Å². The molecule has 7 atom stereocenters. The molecule has 1 spiro atoms. The number of allylic oxidation sites excluding steroid dienone is 4. The third-order valence-electron chi connectivity index (χ3n) is 16.3. The maximum atomic E-state index is 16.2. The second-order valence-electron chi connectivity index (χ2n) is 21.6. The van der Waals surface area contributed by atoms with Crippen molar-refractivity contribution >= 4 is 35.2 Å². The van der Waals surface area contributed by atoms with Gasteiger partial charge in [-0.25, -0.2) is 9.97 Å². The van der Waals surface area contributed by atoms with E-state index in [2.05, 4.69) is 57.6 Å². The molecular weight excluding hydrogens is 869 g/mol. The molecule has 7 unspecified atom stereocenters. The summed E-state index contributed by atoms with van der Waals surface area (Å²) in [5.74, 6) is 0.113. The van der Waals surface area contributed by atoms with Crippen molar-refractivity contribution in [1.82, 2.24) is 19.8 Å². The van der Waals surface area contributed by atoms with E-state index < -0.39 is 40.3 Å². The summed E-state index contributed by atoms with van der Waals surface area (Å²) in [5.41, 5.74) is -0.627. The Morgan fingerprint density at radius 3 is 2.06 bits per heavy atom. The number of fused-ring (bicyclic) bond motifs is 2. The lowest BCUT2D eigenvalue weighted by atomic mass is 9.44. The molecule has 0 radical (unpaired) electrons. The zero-order valence-corrected chi connectivity index (χ0v) is 41.6. The normalized spacial score (nSPS) is 30.0. The first-order chi connectivity index (χ1) is 33.0. The molecule has 5 aliphatic heterocycles. The molecule has 2 aromatic heterocycles. The Kier molecular flexibility index (Phi) is 11.9. The zero-order chi connectivity index (χ0) is 48.6. The number of pyridine rings is 2. The largest absolute Gasteiger partial charge is 0.506 e. The van der Waals surface area contributed by atoms with Crippen LogP contribution in [0.4, 0.5) is 11.6 Å². The highest BCUT2D eigenvalue weighted by molar-refractivity contribution is 6.10. The number of aromatic hydroxyl groups is 1. The molecule has 3 saturated carbocycles. The predicted octanol–water partition coefficient (Wildman–Crippen LogP) is 8.17. The summed E-state index contributed by atoms with van der Waals surface area (Å²) < 4.78 is 22.1. The Labute approximate surface area is 406 Å². The average Bonchev–Trinajstić information content (AvgIpc) is 3.48. The minimum absolute atomic E-state index is 0.0505. The molecule has 3 saturated heterocycles. The first-order valence-corrected chi connectivity index (χ1v) is 25.0. The van der Waals surface area contributed by atoms with Gasteiger partial charge in [0.15, 0.2) is 22.8 Å². The Morgan fingerprint density at radius 2 is 1.45 bits per heavy atom. The number of rotatable bonds is 11. The van der Waals surface area contributed by atoms with E-state index in [1.807, 2.05) is 94.1 Å². The Morgan fingerprint density at radius 1 is 0.812 bits per heavy atom. The fraction of sp³-hybridized carbons (Fsp3) is 0.518. The predicted molar refractivity (Wildman–Crippen MR) is 267 cm³/mol. The van der Waals surface area contributed by atoms with Gasteiger partial charge in [0, 0.05) is 100 Å². The third kappa shape index (κ3) is 7.69. The van der Waals surface area contributed by atoms with Crippen LogP contribution in [0, 0.1) is 17.8 Å². The van der Waals surface area contributed by atoms with E-state index in [0.29, 0.717) is 94.1 Å². The van der Waals surface area contributed by atoms with E-state index in [0.717, 1.165) is 23.6 Å². The van der Waals surface area contributed by atoms with Crippen molar-refractivity contribution in [3.63, 3.8) is 0 Å². The molecule has 1 amide bonds. The molecule has 7 heterocycles. The van der Waals surface area contributed by atoms with E-state index in [1.54, 1.807) is 12.4 Å². The number of nitrogens with zero attached hydrogens (tertiary/aromatic N) is 6. The SMILES string of the molecule is CC(C)=CCCC1(C)C=Cc2c(O)c3c(c(CC=C(C)C)c2O1)OC12C(C3=O)C(N3CCN(c4ccccn4)CC3)C3CC1C(C)(C)OC2(CC=C(C)C(=O)N1CCN(c2ccccn2)CC1)C3=O. The molecule has 4 bridgehead atoms. The monoisotopic (exact) mass is 937 g/mol. The zero-order valence-electron chi connectivity index (χ0n) is 41.6. The van der Waals surface area contributed by atoms with Crippen molar-refractivity contribution in [2.75, 3.05) is 62.2 Å². The number of phenolic OH excluding ortho intramolecular Hbond substituents is 1. The number of hydrogen-bond donors (Lipinski definition) is 1. The first-order valence-electron chi connectivity index (χ1n) is 25.0. The number of hydrogen-bond acceptors (Lipinski definition) is 12. The van der Waals surface area contributed by atoms with E-state index in [1.165, 1.54) is 5.57 Å². The highest BCUT2D eigenvalue weighted by atomic mass is 16.6. The summed E-state index contributed by atoms with van der Waals surface area (Å²) in [7, 11) is 0. The van der Waals surface area contributed by atoms with Crippen molar-refractivity contribution in [3.8, 4) is 17.2 Å². The number of ether oxygens (including phenoxy) is 3. The lowest BCUT2D eigenvalue weighted by molar-refractivity contribution is -0.213. The average molecular weight is 937 g/mol. The van der Waals surface area contributed by atoms with Crippen molar-refractivity contribution in [2.45, 2.75) is 116 Å². The second kappa shape index (κ2) is 17.6. The van der Waals surface area contributed by atoms with Crippen LogP contribution in [0.5, 0.6) is 17.2 Å². The number of benzene rings is 1. The van der Waals surface area contributed by atoms with Gasteiger partial charge in [0.05, 0.1) is 17.1 Å². The number of carbonyl (C=O) groups is 3. The van der Waals surface area contributed by atoms with E-state index >= 15 is 9.59 Å². The van der Waals surface area contributed by atoms with Crippen LogP contribution in [0.1, 0.15) is 103 Å². The molecule has 69 heavy (non-hydrogen) atoms. The number of aromatic nitrogens is 2. The molecule has 6 fully saturated rings. The smallest absolute Gasteiger partial charge is 0.249 e. The van der Waals surface area contributed by atoms with Crippen molar-refractivity contribution in [2.24, 2.45) is 17.8 Å². The molecule has 13 nitrogen and oxygen atoms in total. The number of amides is 1. The Hall–Kier alpha value is -5.79.